The molecule has 0 aliphatic heterocycles. The summed E-state index contributed by atoms with van der Waals surface area (Å²) in [6, 6.07) is 8.11. The molecule has 2 rings (SSSR count). The average molecular weight is 308 g/mol. The molecule has 0 saturated heterocycles. The first-order valence-electron chi connectivity index (χ1n) is 5.81. The highest BCUT2D eigenvalue weighted by atomic mass is 32.2. The topological polar surface area (TPSA) is 107 Å². The number of rotatable bonds is 5. The second kappa shape index (κ2) is 5.75. The number of nitrogens with one attached hydrogen (secondary N) is 1. The summed E-state index contributed by atoms with van der Waals surface area (Å²) in [5.41, 5.74) is 0.544. The normalized spacial score (nSPS) is 11.7. The zero-order valence-corrected chi connectivity index (χ0v) is 11.8. The maximum atomic E-state index is 11.9. The smallest absolute Gasteiger partial charge is 0.276 e. The number of sulfonamides is 1. The van der Waals surface area contributed by atoms with E-state index in [4.69, 9.17) is 0 Å². The van der Waals surface area contributed by atoms with E-state index in [1.807, 2.05) is 4.83 Å². The molecule has 1 aromatic carbocycles. The summed E-state index contributed by atoms with van der Waals surface area (Å²) in [6.07, 6.45) is 3.16. The van der Waals surface area contributed by atoms with E-state index in [9.17, 15) is 18.5 Å². The van der Waals surface area contributed by atoms with Crippen LogP contribution in [0, 0.1) is 10.1 Å². The van der Waals surface area contributed by atoms with Crippen molar-refractivity contribution in [3.63, 3.8) is 0 Å². The molecule has 0 amide bonds. The molecular weight excluding hydrogens is 296 g/mol. The van der Waals surface area contributed by atoms with E-state index in [-0.39, 0.29) is 10.6 Å². The third-order valence-corrected chi connectivity index (χ3v) is 3.95. The van der Waals surface area contributed by atoms with Crippen molar-refractivity contribution in [2.75, 3.05) is 0 Å². The van der Waals surface area contributed by atoms with E-state index < -0.39 is 14.9 Å². The average Bonchev–Trinajstić information content (AvgIpc) is 2.84. The number of aromatic nitrogens is 1. The lowest BCUT2D eigenvalue weighted by Gasteiger charge is -2.03. The van der Waals surface area contributed by atoms with Gasteiger partial charge in [0.1, 0.15) is 0 Å². The summed E-state index contributed by atoms with van der Waals surface area (Å²) in [7, 11) is -2.05. The molecule has 110 valence electrons. The van der Waals surface area contributed by atoms with E-state index >= 15 is 0 Å². The predicted octanol–water partition coefficient (Wildman–Crippen LogP) is 1.25. The van der Waals surface area contributed by atoms with Crippen molar-refractivity contribution in [3.05, 3.63) is 58.4 Å². The molecule has 2 aromatic rings. The lowest BCUT2D eigenvalue weighted by Crippen LogP contribution is -2.18. The summed E-state index contributed by atoms with van der Waals surface area (Å²) < 4.78 is 25.6. The number of hydrogen-bond donors (Lipinski definition) is 1. The number of non-ortho nitro benzene ring substituents is 1. The van der Waals surface area contributed by atoms with Gasteiger partial charge in [0.2, 0.25) is 0 Å². The van der Waals surface area contributed by atoms with Crippen LogP contribution in [-0.2, 0) is 17.1 Å². The molecule has 9 heteroatoms. The summed E-state index contributed by atoms with van der Waals surface area (Å²) in [6.45, 7) is 0. The van der Waals surface area contributed by atoms with Crippen LogP contribution in [0.15, 0.2) is 52.6 Å². The largest absolute Gasteiger partial charge is 0.350 e. The second-order valence-corrected chi connectivity index (χ2v) is 5.81. The molecule has 8 nitrogen and oxygen atoms in total. The quantitative estimate of drug-likeness (QED) is 0.509. The molecule has 0 radical (unpaired) electrons. The van der Waals surface area contributed by atoms with E-state index in [0.717, 1.165) is 30.0 Å². The third kappa shape index (κ3) is 3.45. The molecule has 0 aliphatic carbocycles. The van der Waals surface area contributed by atoms with Crippen LogP contribution < -0.4 is 4.83 Å². The molecule has 1 heterocycles. The Kier molecular flexibility index (Phi) is 4.03. The van der Waals surface area contributed by atoms with Crippen LogP contribution in [0.25, 0.3) is 0 Å². The van der Waals surface area contributed by atoms with E-state index in [0.29, 0.717) is 0 Å². The first-order chi connectivity index (χ1) is 9.90. The van der Waals surface area contributed by atoms with Crippen molar-refractivity contribution < 1.29 is 13.3 Å². The minimum atomic E-state index is -3.85. The lowest BCUT2D eigenvalue weighted by atomic mass is 10.3. The number of nitrogens with zero attached hydrogens (tertiary/aromatic N) is 3. The Bertz CT molecular complexity index is 778. The van der Waals surface area contributed by atoms with Crippen molar-refractivity contribution in [1.82, 2.24) is 9.40 Å². The summed E-state index contributed by atoms with van der Waals surface area (Å²) >= 11 is 0. The van der Waals surface area contributed by atoms with Crippen LogP contribution in [0.1, 0.15) is 5.69 Å². The molecule has 0 aliphatic rings. The molecule has 0 atom stereocenters. The van der Waals surface area contributed by atoms with E-state index in [1.54, 1.807) is 29.9 Å². The number of aryl methyl sites for hydroxylation is 1. The van der Waals surface area contributed by atoms with E-state index in [2.05, 4.69) is 5.10 Å². The number of hydrogen-bond acceptors (Lipinski definition) is 5. The van der Waals surface area contributed by atoms with Crippen molar-refractivity contribution in [3.8, 4) is 0 Å². The minimum Gasteiger partial charge on any atom is -0.350 e. The number of hydrazone groups is 1. The summed E-state index contributed by atoms with van der Waals surface area (Å²) in [5.74, 6) is 0. The third-order valence-electron chi connectivity index (χ3n) is 2.71. The highest BCUT2D eigenvalue weighted by Crippen LogP contribution is 2.15. The van der Waals surface area contributed by atoms with Gasteiger partial charge < -0.3 is 4.57 Å². The van der Waals surface area contributed by atoms with Gasteiger partial charge >= 0.3 is 0 Å². The van der Waals surface area contributed by atoms with Crippen LogP contribution in [0.2, 0.25) is 0 Å². The molecule has 1 N–H and O–H groups in total. The van der Waals surface area contributed by atoms with E-state index in [1.165, 1.54) is 6.21 Å². The number of nitro groups is 1. The van der Waals surface area contributed by atoms with Gasteiger partial charge in [-0.1, -0.05) is 0 Å². The standard InChI is InChI=1S/C12H12N4O4S/c1-15-8-2-3-11(15)9-13-14-21(19,20)12-6-4-10(5-7-12)16(17)18/h2-9,14H,1H3. The molecule has 0 saturated carbocycles. The van der Waals surface area contributed by atoms with Gasteiger partial charge in [0, 0.05) is 25.4 Å². The van der Waals surface area contributed by atoms with Crippen molar-refractivity contribution in [2.24, 2.45) is 12.1 Å². The SMILES string of the molecule is Cn1cccc1C=NNS(=O)(=O)c1ccc([N+](=O)[O-])cc1. The highest BCUT2D eigenvalue weighted by Gasteiger charge is 2.14. The Hall–Kier alpha value is -2.68. The van der Waals surface area contributed by atoms with Crippen molar-refractivity contribution in [1.29, 1.82) is 0 Å². The van der Waals surface area contributed by atoms with Crippen LogP contribution >= 0.6 is 0 Å². The fourth-order valence-corrected chi connectivity index (χ4v) is 2.36. The fraction of sp³-hybridized carbons (Fsp3) is 0.0833. The first kappa shape index (κ1) is 14.7. The van der Waals surface area contributed by atoms with Gasteiger partial charge in [0.25, 0.3) is 15.7 Å². The Morgan fingerprint density at radius 2 is 1.95 bits per heavy atom. The Labute approximate surface area is 120 Å². The van der Waals surface area contributed by atoms with Gasteiger partial charge in [0.05, 0.1) is 21.7 Å². The molecule has 1 aromatic heterocycles. The van der Waals surface area contributed by atoms with Gasteiger partial charge in [-0.25, -0.2) is 4.83 Å². The second-order valence-electron chi connectivity index (χ2n) is 4.15. The van der Waals surface area contributed by atoms with Crippen LogP contribution in [0.4, 0.5) is 5.69 Å². The van der Waals surface area contributed by atoms with Gasteiger partial charge in [-0.15, -0.1) is 0 Å². The zero-order chi connectivity index (χ0) is 15.5. The van der Waals surface area contributed by atoms with Crippen molar-refractivity contribution in [2.45, 2.75) is 4.90 Å². The monoisotopic (exact) mass is 308 g/mol. The highest BCUT2D eigenvalue weighted by molar-refractivity contribution is 7.89. The molecule has 21 heavy (non-hydrogen) atoms. The van der Waals surface area contributed by atoms with Crippen LogP contribution in [0.3, 0.4) is 0 Å². The maximum absolute atomic E-state index is 11.9. The summed E-state index contributed by atoms with van der Waals surface area (Å²) in [5, 5.41) is 14.2. The van der Waals surface area contributed by atoms with Gasteiger partial charge in [-0.3, -0.25) is 10.1 Å². The minimum absolute atomic E-state index is 0.0999. The Morgan fingerprint density at radius 3 is 2.48 bits per heavy atom. The van der Waals surface area contributed by atoms with Crippen LogP contribution in [0.5, 0.6) is 0 Å². The lowest BCUT2D eigenvalue weighted by molar-refractivity contribution is -0.384. The molecule has 0 unspecified atom stereocenters. The maximum Gasteiger partial charge on any atom is 0.276 e. The number of benzene rings is 1. The molecule has 0 spiro atoms. The summed E-state index contributed by atoms with van der Waals surface area (Å²) in [4.78, 5) is 11.9. The van der Waals surface area contributed by atoms with Gasteiger partial charge in [-0.05, 0) is 24.3 Å². The van der Waals surface area contributed by atoms with Crippen molar-refractivity contribution >= 4 is 21.9 Å². The molecule has 0 fully saturated rings. The Morgan fingerprint density at radius 1 is 1.29 bits per heavy atom. The molecule has 0 bridgehead atoms. The number of nitro benzene ring substituents is 1. The van der Waals surface area contributed by atoms with Gasteiger partial charge in [0.15, 0.2) is 0 Å². The Balaban J connectivity index is 2.13. The van der Waals surface area contributed by atoms with Gasteiger partial charge in [-0.2, -0.15) is 13.5 Å². The predicted molar refractivity (Wildman–Crippen MR) is 76.4 cm³/mol. The zero-order valence-electron chi connectivity index (χ0n) is 11.0. The molecular formula is C12H12N4O4S. The van der Waals surface area contributed by atoms with Crippen LogP contribution in [-0.4, -0.2) is 24.1 Å². The fourth-order valence-electron chi connectivity index (χ4n) is 1.57. The first-order valence-corrected chi connectivity index (χ1v) is 7.29.